The van der Waals surface area contributed by atoms with Crippen LogP contribution in [0.25, 0.3) is 0 Å². The zero-order valence-electron chi connectivity index (χ0n) is 23.0. The molecule has 0 radical (unpaired) electrons. The molecule has 4 aliphatic rings. The maximum absolute atomic E-state index is 12.3. The molecule has 0 spiro atoms. The van der Waals surface area contributed by atoms with Gasteiger partial charge in [-0.25, -0.2) is 0 Å². The number of carbonyl (C=O) groups is 1. The molecule has 0 N–H and O–H groups in total. The highest BCUT2D eigenvalue weighted by molar-refractivity contribution is 5.75. The number of hydrogen-bond acceptors (Lipinski definition) is 1. The van der Waals surface area contributed by atoms with E-state index in [-0.39, 0.29) is 0 Å². The van der Waals surface area contributed by atoms with Crippen LogP contribution >= 0.6 is 0 Å². The lowest BCUT2D eigenvalue weighted by Crippen LogP contribution is -2.50. The molecule has 0 saturated heterocycles. The summed E-state index contributed by atoms with van der Waals surface area (Å²) in [4.78, 5) is 14.1. The summed E-state index contributed by atoms with van der Waals surface area (Å²) in [6.07, 6.45) is 18.6. The number of carbonyl (C=O) groups excluding carboxylic acids is 1. The SMILES string of the molecule is CC(C)CCCC(C)C1CCC2C3CC=C4CC(CC(=O)N(C)C)CCC4(C)C3CCC12C. The van der Waals surface area contributed by atoms with Crippen LogP contribution in [0.15, 0.2) is 11.6 Å². The lowest BCUT2D eigenvalue weighted by molar-refractivity contribution is -0.130. The van der Waals surface area contributed by atoms with Crippen molar-refractivity contribution < 1.29 is 4.79 Å². The van der Waals surface area contributed by atoms with E-state index in [1.165, 1.54) is 70.6 Å². The van der Waals surface area contributed by atoms with Gasteiger partial charge in [-0.15, -0.1) is 0 Å². The van der Waals surface area contributed by atoms with Crippen molar-refractivity contribution in [1.29, 1.82) is 0 Å². The quantitative estimate of drug-likeness (QED) is 0.355. The van der Waals surface area contributed by atoms with Gasteiger partial charge in [0.25, 0.3) is 0 Å². The molecule has 4 aliphatic carbocycles. The van der Waals surface area contributed by atoms with E-state index in [1.54, 1.807) is 10.5 Å². The minimum Gasteiger partial charge on any atom is -0.349 e. The molecule has 2 nitrogen and oxygen atoms in total. The second-order valence-corrected chi connectivity index (χ2v) is 13.9. The molecular formula is C31H53NO. The van der Waals surface area contributed by atoms with E-state index in [9.17, 15) is 4.79 Å². The Kier molecular flexibility index (Phi) is 7.43. The first-order valence-corrected chi connectivity index (χ1v) is 14.5. The predicted octanol–water partition coefficient (Wildman–Crippen LogP) is 8.12. The zero-order chi connectivity index (χ0) is 24.0. The molecule has 0 bridgehead atoms. The van der Waals surface area contributed by atoms with E-state index in [0.29, 0.717) is 22.7 Å². The van der Waals surface area contributed by atoms with Crippen LogP contribution in [0.5, 0.6) is 0 Å². The molecule has 4 rings (SSSR count). The highest BCUT2D eigenvalue weighted by atomic mass is 16.2. The Morgan fingerprint density at radius 2 is 1.79 bits per heavy atom. The van der Waals surface area contributed by atoms with Gasteiger partial charge in [0.15, 0.2) is 0 Å². The molecular weight excluding hydrogens is 402 g/mol. The Hall–Kier alpha value is -0.790. The fraction of sp³-hybridized carbons (Fsp3) is 0.903. The molecule has 33 heavy (non-hydrogen) atoms. The number of allylic oxidation sites excluding steroid dienone is 2. The average Bonchev–Trinajstić information content (AvgIpc) is 3.11. The Morgan fingerprint density at radius 1 is 1.03 bits per heavy atom. The first kappa shape index (κ1) is 25.3. The molecule has 0 aromatic carbocycles. The third-order valence-corrected chi connectivity index (χ3v) is 11.4. The van der Waals surface area contributed by atoms with Crippen LogP contribution in [0.2, 0.25) is 0 Å². The molecule has 2 heteroatoms. The van der Waals surface area contributed by atoms with Crippen LogP contribution in [0.3, 0.4) is 0 Å². The van der Waals surface area contributed by atoms with Crippen molar-refractivity contribution in [2.24, 2.45) is 52.3 Å². The molecule has 3 fully saturated rings. The molecule has 0 aliphatic heterocycles. The van der Waals surface area contributed by atoms with Crippen molar-refractivity contribution in [2.45, 2.75) is 112 Å². The Morgan fingerprint density at radius 3 is 2.48 bits per heavy atom. The van der Waals surface area contributed by atoms with Crippen LogP contribution in [-0.4, -0.2) is 24.9 Å². The first-order valence-electron chi connectivity index (χ1n) is 14.5. The maximum Gasteiger partial charge on any atom is 0.222 e. The molecule has 3 saturated carbocycles. The first-order chi connectivity index (χ1) is 15.6. The molecule has 0 aromatic heterocycles. The predicted molar refractivity (Wildman–Crippen MR) is 140 cm³/mol. The fourth-order valence-corrected chi connectivity index (χ4v) is 9.36. The van der Waals surface area contributed by atoms with Crippen LogP contribution in [0.4, 0.5) is 0 Å². The third-order valence-electron chi connectivity index (χ3n) is 11.4. The summed E-state index contributed by atoms with van der Waals surface area (Å²) in [5, 5.41) is 0. The second kappa shape index (κ2) is 9.69. The van der Waals surface area contributed by atoms with E-state index in [1.807, 2.05) is 14.1 Å². The van der Waals surface area contributed by atoms with E-state index in [2.05, 4.69) is 40.7 Å². The van der Waals surface area contributed by atoms with Crippen molar-refractivity contribution in [1.82, 2.24) is 4.90 Å². The van der Waals surface area contributed by atoms with Gasteiger partial charge in [-0.05, 0) is 104 Å². The minimum atomic E-state index is 0.311. The van der Waals surface area contributed by atoms with Gasteiger partial charge in [-0.3, -0.25) is 4.79 Å². The Labute approximate surface area is 205 Å². The fourth-order valence-electron chi connectivity index (χ4n) is 9.36. The van der Waals surface area contributed by atoms with Crippen molar-refractivity contribution in [3.8, 4) is 0 Å². The average molecular weight is 456 g/mol. The van der Waals surface area contributed by atoms with E-state index >= 15 is 0 Å². The van der Waals surface area contributed by atoms with Crippen molar-refractivity contribution in [2.75, 3.05) is 14.1 Å². The summed E-state index contributed by atoms with van der Waals surface area (Å²) >= 11 is 0. The van der Waals surface area contributed by atoms with Crippen molar-refractivity contribution in [3.05, 3.63) is 11.6 Å². The highest BCUT2D eigenvalue weighted by Gasteiger charge is 2.59. The van der Waals surface area contributed by atoms with Gasteiger partial charge < -0.3 is 4.90 Å². The molecule has 0 heterocycles. The van der Waals surface area contributed by atoms with Gasteiger partial charge in [-0.2, -0.15) is 0 Å². The number of hydrogen-bond donors (Lipinski definition) is 0. The van der Waals surface area contributed by atoms with E-state index in [0.717, 1.165) is 41.9 Å². The van der Waals surface area contributed by atoms with Gasteiger partial charge >= 0.3 is 0 Å². The summed E-state index contributed by atoms with van der Waals surface area (Å²) in [7, 11) is 3.80. The summed E-state index contributed by atoms with van der Waals surface area (Å²) < 4.78 is 0. The normalized spacial score (nSPS) is 41.1. The van der Waals surface area contributed by atoms with Crippen LogP contribution in [0, 0.1) is 52.3 Å². The number of amides is 1. The second-order valence-electron chi connectivity index (χ2n) is 13.9. The van der Waals surface area contributed by atoms with Crippen LogP contribution in [-0.2, 0) is 4.79 Å². The van der Waals surface area contributed by atoms with Crippen molar-refractivity contribution >= 4 is 5.91 Å². The van der Waals surface area contributed by atoms with Crippen LogP contribution < -0.4 is 0 Å². The highest BCUT2D eigenvalue weighted by Crippen LogP contribution is 2.67. The molecule has 8 unspecified atom stereocenters. The minimum absolute atomic E-state index is 0.311. The lowest BCUT2D eigenvalue weighted by atomic mass is 9.46. The van der Waals surface area contributed by atoms with Gasteiger partial charge in [-0.1, -0.05) is 65.5 Å². The largest absolute Gasteiger partial charge is 0.349 e. The van der Waals surface area contributed by atoms with Gasteiger partial charge in [0.2, 0.25) is 5.91 Å². The topological polar surface area (TPSA) is 20.3 Å². The zero-order valence-corrected chi connectivity index (χ0v) is 23.0. The molecule has 0 aromatic rings. The van der Waals surface area contributed by atoms with Gasteiger partial charge in [0, 0.05) is 20.5 Å². The van der Waals surface area contributed by atoms with Crippen molar-refractivity contribution in [3.63, 3.8) is 0 Å². The molecule has 8 atom stereocenters. The maximum atomic E-state index is 12.3. The Balaban J connectivity index is 1.45. The summed E-state index contributed by atoms with van der Waals surface area (Å²) in [6, 6.07) is 0. The summed E-state index contributed by atoms with van der Waals surface area (Å²) in [6.45, 7) is 12.6. The number of rotatable bonds is 7. The molecule has 188 valence electrons. The van der Waals surface area contributed by atoms with Gasteiger partial charge in [0.05, 0.1) is 0 Å². The monoisotopic (exact) mass is 455 g/mol. The van der Waals surface area contributed by atoms with E-state index in [4.69, 9.17) is 0 Å². The summed E-state index contributed by atoms with van der Waals surface area (Å²) in [5.41, 5.74) is 2.71. The standard InChI is InChI=1S/C31H53NO/c1-21(2)9-8-10-22(3)26-13-14-27-25-12-11-24-19-23(20-29(33)32(6)7)15-17-30(24,4)28(25)16-18-31(26,27)5/h11,21-23,25-28H,8-10,12-20H2,1-7H3. The lowest BCUT2D eigenvalue weighted by Gasteiger charge is -2.58. The summed E-state index contributed by atoms with van der Waals surface area (Å²) in [5.74, 6) is 6.29. The number of fused-ring (bicyclic) bond motifs is 5. The van der Waals surface area contributed by atoms with E-state index < -0.39 is 0 Å². The smallest absolute Gasteiger partial charge is 0.222 e. The molecule has 1 amide bonds. The van der Waals surface area contributed by atoms with Crippen LogP contribution in [0.1, 0.15) is 112 Å². The third kappa shape index (κ3) is 4.71. The number of nitrogens with zero attached hydrogens (tertiary/aromatic N) is 1. The van der Waals surface area contributed by atoms with Gasteiger partial charge in [0.1, 0.15) is 0 Å². The Bertz CT molecular complexity index is 737.